The first-order valence-corrected chi connectivity index (χ1v) is 12.1. The summed E-state index contributed by atoms with van der Waals surface area (Å²) in [5, 5.41) is 11.3. The van der Waals surface area contributed by atoms with Gasteiger partial charge in [-0.3, -0.25) is 4.79 Å². The maximum Gasteiger partial charge on any atom is 0.243 e. The minimum Gasteiger partial charge on any atom is -0.335 e. The summed E-state index contributed by atoms with van der Waals surface area (Å²) in [5.74, 6) is 6.33. The predicted octanol–water partition coefficient (Wildman–Crippen LogP) is 2.42. The summed E-state index contributed by atoms with van der Waals surface area (Å²) >= 11 is 1.14. The van der Waals surface area contributed by atoms with Gasteiger partial charge in [0, 0.05) is 24.3 Å². The van der Waals surface area contributed by atoms with Crippen LogP contribution in [0.15, 0.2) is 64.6 Å². The van der Waals surface area contributed by atoms with E-state index in [4.69, 9.17) is 5.84 Å². The van der Waals surface area contributed by atoms with Crippen molar-refractivity contribution in [1.82, 2.24) is 19.2 Å². The van der Waals surface area contributed by atoms with Crippen molar-refractivity contribution in [1.29, 1.82) is 0 Å². The molecule has 1 heterocycles. The molecule has 164 valence electrons. The molecule has 0 unspecified atom stereocenters. The normalized spacial score (nSPS) is 11.6. The number of nitrogens with one attached hydrogen (secondary N) is 1. The van der Waals surface area contributed by atoms with Gasteiger partial charge in [-0.25, -0.2) is 13.1 Å². The molecule has 2 aromatic carbocycles. The lowest BCUT2D eigenvalue weighted by atomic mass is 10.2. The van der Waals surface area contributed by atoms with Crippen LogP contribution in [0.25, 0.3) is 11.4 Å². The van der Waals surface area contributed by atoms with Crippen LogP contribution in [0.3, 0.4) is 0 Å². The lowest BCUT2D eigenvalue weighted by Gasteiger charge is -2.18. The molecular weight excluding hydrogens is 436 g/mol. The van der Waals surface area contributed by atoms with E-state index in [1.165, 1.54) is 21.1 Å². The number of hydrogen-bond donors (Lipinski definition) is 2. The summed E-state index contributed by atoms with van der Waals surface area (Å²) in [6.45, 7) is 4.33. The summed E-state index contributed by atoms with van der Waals surface area (Å²) in [6.07, 6.45) is 0. The number of thioether (sulfide) groups is 1. The van der Waals surface area contributed by atoms with E-state index in [0.29, 0.717) is 35.3 Å². The van der Waals surface area contributed by atoms with Crippen LogP contribution in [0.4, 0.5) is 5.69 Å². The van der Waals surface area contributed by atoms with E-state index in [1.807, 2.05) is 18.2 Å². The third-order valence-corrected chi connectivity index (χ3v) is 7.48. The molecule has 0 aliphatic heterocycles. The molecule has 11 heteroatoms. The zero-order chi connectivity index (χ0) is 22.4. The van der Waals surface area contributed by atoms with Crippen molar-refractivity contribution in [3.63, 3.8) is 0 Å². The Labute approximate surface area is 185 Å². The van der Waals surface area contributed by atoms with Crippen molar-refractivity contribution in [3.05, 3.63) is 54.6 Å². The maximum absolute atomic E-state index is 12.8. The average Bonchev–Trinajstić information content (AvgIpc) is 3.14. The van der Waals surface area contributed by atoms with Gasteiger partial charge in [-0.2, -0.15) is 4.31 Å². The van der Waals surface area contributed by atoms with Gasteiger partial charge in [-0.05, 0) is 24.3 Å². The highest BCUT2D eigenvalue weighted by Crippen LogP contribution is 2.25. The molecule has 3 aromatic rings. The predicted molar refractivity (Wildman–Crippen MR) is 122 cm³/mol. The highest BCUT2D eigenvalue weighted by Gasteiger charge is 2.23. The van der Waals surface area contributed by atoms with Gasteiger partial charge < -0.3 is 11.2 Å². The van der Waals surface area contributed by atoms with Gasteiger partial charge in [0.05, 0.1) is 10.6 Å². The molecule has 1 amide bonds. The third kappa shape index (κ3) is 5.24. The summed E-state index contributed by atoms with van der Waals surface area (Å²) in [4.78, 5) is 12.3. The van der Waals surface area contributed by atoms with Crippen LogP contribution < -0.4 is 11.2 Å². The van der Waals surface area contributed by atoms with Crippen molar-refractivity contribution in [2.24, 2.45) is 0 Å². The zero-order valence-corrected chi connectivity index (χ0v) is 18.9. The van der Waals surface area contributed by atoms with Crippen molar-refractivity contribution >= 4 is 33.4 Å². The van der Waals surface area contributed by atoms with Gasteiger partial charge in [0.15, 0.2) is 5.82 Å². The fourth-order valence-corrected chi connectivity index (χ4v) is 5.09. The fraction of sp³-hybridized carbons (Fsp3) is 0.250. The van der Waals surface area contributed by atoms with E-state index in [0.717, 1.165) is 11.8 Å². The standard InChI is InChI=1S/C20H24N6O3S2/c1-3-25(4-2)31(28,29)17-12-8-9-15(13-17)19-23-24-20(26(19)21)30-14-18(27)22-16-10-6-5-7-11-16/h5-13H,3-4,14,21H2,1-2H3,(H,22,27). The van der Waals surface area contributed by atoms with Crippen LogP contribution in [-0.2, 0) is 14.8 Å². The Morgan fingerprint density at radius 1 is 1.10 bits per heavy atom. The minimum absolute atomic E-state index is 0.0978. The number of rotatable bonds is 9. The Hall–Kier alpha value is -2.89. The molecule has 0 aliphatic rings. The van der Waals surface area contributed by atoms with Crippen LogP contribution in [0.5, 0.6) is 0 Å². The van der Waals surface area contributed by atoms with Gasteiger partial charge in [0.2, 0.25) is 21.1 Å². The van der Waals surface area contributed by atoms with Crippen LogP contribution in [-0.4, -0.2) is 52.3 Å². The molecule has 0 saturated heterocycles. The molecule has 0 fully saturated rings. The van der Waals surface area contributed by atoms with E-state index in [-0.39, 0.29) is 16.6 Å². The van der Waals surface area contributed by atoms with Gasteiger partial charge in [-0.1, -0.05) is 55.9 Å². The number of anilines is 1. The second-order valence-electron chi connectivity index (χ2n) is 6.50. The number of nitrogen functional groups attached to an aromatic ring is 1. The first-order chi connectivity index (χ1) is 14.9. The topological polar surface area (TPSA) is 123 Å². The quantitative estimate of drug-likeness (QED) is 0.371. The number of nitrogens with two attached hydrogens (primary N) is 1. The molecule has 1 aromatic heterocycles. The molecule has 0 atom stereocenters. The van der Waals surface area contributed by atoms with Crippen molar-refractivity contribution in [2.75, 3.05) is 30.0 Å². The Morgan fingerprint density at radius 2 is 1.81 bits per heavy atom. The number of carbonyl (C=O) groups is 1. The molecule has 0 aliphatic carbocycles. The smallest absolute Gasteiger partial charge is 0.243 e. The molecule has 9 nitrogen and oxygen atoms in total. The first kappa shape index (κ1) is 22.8. The number of amides is 1. The Bertz CT molecular complexity index is 1140. The van der Waals surface area contributed by atoms with E-state index in [1.54, 1.807) is 38.1 Å². The third-order valence-electron chi connectivity index (χ3n) is 4.49. The second-order valence-corrected chi connectivity index (χ2v) is 9.38. The number of hydrogen-bond acceptors (Lipinski definition) is 7. The number of aromatic nitrogens is 3. The lowest BCUT2D eigenvalue weighted by molar-refractivity contribution is -0.113. The van der Waals surface area contributed by atoms with Crippen molar-refractivity contribution in [2.45, 2.75) is 23.9 Å². The Kier molecular flexibility index (Phi) is 7.31. The summed E-state index contributed by atoms with van der Waals surface area (Å²) in [5.41, 5.74) is 1.22. The second kappa shape index (κ2) is 9.94. The highest BCUT2D eigenvalue weighted by atomic mass is 32.2. The molecule has 3 N–H and O–H groups in total. The zero-order valence-electron chi connectivity index (χ0n) is 17.2. The molecule has 3 rings (SSSR count). The monoisotopic (exact) mass is 460 g/mol. The average molecular weight is 461 g/mol. The largest absolute Gasteiger partial charge is 0.335 e. The van der Waals surface area contributed by atoms with E-state index in [9.17, 15) is 13.2 Å². The van der Waals surface area contributed by atoms with Crippen molar-refractivity contribution < 1.29 is 13.2 Å². The van der Waals surface area contributed by atoms with E-state index in [2.05, 4.69) is 15.5 Å². The SMILES string of the molecule is CCN(CC)S(=O)(=O)c1cccc(-c2nnc(SCC(=O)Nc3ccccc3)n2N)c1. The Balaban J connectivity index is 1.75. The van der Waals surface area contributed by atoms with Crippen LogP contribution in [0, 0.1) is 0 Å². The van der Waals surface area contributed by atoms with E-state index >= 15 is 0 Å². The number of nitrogens with zero attached hydrogens (tertiary/aromatic N) is 4. The molecular formula is C20H24N6O3S2. The summed E-state index contributed by atoms with van der Waals surface area (Å²) in [6, 6.07) is 15.5. The minimum atomic E-state index is -3.61. The fourth-order valence-electron chi connectivity index (χ4n) is 2.93. The van der Waals surface area contributed by atoms with Crippen LogP contribution >= 0.6 is 11.8 Å². The molecule has 0 radical (unpaired) electrons. The van der Waals surface area contributed by atoms with Gasteiger partial charge in [-0.15, -0.1) is 10.2 Å². The maximum atomic E-state index is 12.8. The first-order valence-electron chi connectivity index (χ1n) is 9.65. The molecule has 31 heavy (non-hydrogen) atoms. The molecule has 0 spiro atoms. The number of sulfonamides is 1. The van der Waals surface area contributed by atoms with Gasteiger partial charge in [0.25, 0.3) is 0 Å². The number of carbonyl (C=O) groups excluding carboxylic acids is 1. The van der Waals surface area contributed by atoms with Gasteiger partial charge >= 0.3 is 0 Å². The lowest BCUT2D eigenvalue weighted by Crippen LogP contribution is -2.30. The number of benzene rings is 2. The molecule has 0 bridgehead atoms. The van der Waals surface area contributed by atoms with Crippen LogP contribution in [0.2, 0.25) is 0 Å². The molecule has 0 saturated carbocycles. The van der Waals surface area contributed by atoms with Crippen LogP contribution in [0.1, 0.15) is 13.8 Å². The number of para-hydroxylation sites is 1. The summed E-state index contributed by atoms with van der Waals surface area (Å²) < 4.78 is 28.2. The Morgan fingerprint density at radius 3 is 2.48 bits per heavy atom. The van der Waals surface area contributed by atoms with E-state index < -0.39 is 10.0 Å². The van der Waals surface area contributed by atoms with Gasteiger partial charge in [0.1, 0.15) is 0 Å². The highest BCUT2D eigenvalue weighted by molar-refractivity contribution is 7.99. The van der Waals surface area contributed by atoms with Crippen molar-refractivity contribution in [3.8, 4) is 11.4 Å². The summed E-state index contributed by atoms with van der Waals surface area (Å²) in [7, 11) is -3.61.